The van der Waals surface area contributed by atoms with Gasteiger partial charge in [0.15, 0.2) is 0 Å². The largest absolute Gasteiger partial charge is 0.447 e. The Balaban J connectivity index is 1.48. The number of aromatic nitrogens is 2. The Morgan fingerprint density at radius 3 is 2.50 bits per heavy atom. The van der Waals surface area contributed by atoms with E-state index in [0.717, 1.165) is 43.9 Å². The van der Waals surface area contributed by atoms with Gasteiger partial charge in [-0.3, -0.25) is 4.90 Å². The Morgan fingerprint density at radius 2 is 1.81 bits per heavy atom. The minimum atomic E-state index is -0.269. The van der Waals surface area contributed by atoms with Crippen molar-refractivity contribution in [3.05, 3.63) is 41.7 Å². The molecule has 0 aliphatic carbocycles. The zero-order chi connectivity index (χ0) is 18.1. The number of nitrogens with zero attached hydrogens (tertiary/aromatic N) is 4. The van der Waals surface area contributed by atoms with Gasteiger partial charge in [0, 0.05) is 37.9 Å². The number of benzene rings is 1. The van der Waals surface area contributed by atoms with Crippen molar-refractivity contribution in [1.29, 1.82) is 0 Å². The van der Waals surface area contributed by atoms with E-state index < -0.39 is 0 Å². The number of anilines is 1. The van der Waals surface area contributed by atoms with Crippen molar-refractivity contribution < 1.29 is 9.53 Å². The molecule has 6 nitrogen and oxygen atoms in total. The molecule has 1 aromatic carbocycles. The second-order valence-electron chi connectivity index (χ2n) is 7.52. The Bertz CT molecular complexity index is 756. The molecule has 1 fully saturated rings. The maximum Gasteiger partial charge on any atom is 0.414 e. The molecule has 2 aliphatic rings. The molecule has 2 aromatic rings. The molecule has 0 N–H and O–H groups in total. The van der Waals surface area contributed by atoms with Gasteiger partial charge in [-0.05, 0) is 42.2 Å². The van der Waals surface area contributed by atoms with Crippen molar-refractivity contribution in [3.8, 4) is 5.69 Å². The maximum atomic E-state index is 11.7. The van der Waals surface area contributed by atoms with Crippen LogP contribution in [-0.4, -0.2) is 53.6 Å². The number of carbonyl (C=O) groups is 1. The van der Waals surface area contributed by atoms with E-state index in [2.05, 4.69) is 24.9 Å². The minimum Gasteiger partial charge on any atom is -0.447 e. The van der Waals surface area contributed by atoms with E-state index in [0.29, 0.717) is 19.1 Å². The van der Waals surface area contributed by atoms with Crippen LogP contribution in [0.3, 0.4) is 0 Å². The van der Waals surface area contributed by atoms with Crippen molar-refractivity contribution in [2.75, 3.05) is 37.7 Å². The number of hydrogen-bond donors (Lipinski definition) is 0. The van der Waals surface area contributed by atoms with E-state index in [1.807, 2.05) is 28.9 Å². The first-order chi connectivity index (χ1) is 12.6. The Kier molecular flexibility index (Phi) is 4.68. The molecule has 0 saturated carbocycles. The third-order valence-corrected chi connectivity index (χ3v) is 5.05. The van der Waals surface area contributed by atoms with Crippen molar-refractivity contribution in [3.63, 3.8) is 0 Å². The van der Waals surface area contributed by atoms with Crippen molar-refractivity contribution in [2.45, 2.75) is 26.7 Å². The fraction of sp³-hybridized carbons (Fsp3) is 0.500. The molecule has 4 rings (SSSR count). The lowest BCUT2D eigenvalue weighted by atomic mass is 10.2. The molecular formula is C20H26N4O2. The van der Waals surface area contributed by atoms with E-state index >= 15 is 0 Å². The Labute approximate surface area is 154 Å². The van der Waals surface area contributed by atoms with Crippen LogP contribution in [0, 0.1) is 5.92 Å². The number of fused-ring (bicyclic) bond motifs is 1. The SMILES string of the molecule is CC(C)CN1CCc2cn(-c3ccc(N4CCOC4=O)cc3)nc2CC1. The first-order valence-electron chi connectivity index (χ1n) is 9.44. The van der Waals surface area contributed by atoms with Gasteiger partial charge in [0.25, 0.3) is 0 Å². The highest BCUT2D eigenvalue weighted by molar-refractivity contribution is 5.89. The van der Waals surface area contributed by atoms with E-state index in [1.54, 1.807) is 4.90 Å². The molecule has 6 heteroatoms. The van der Waals surface area contributed by atoms with Crippen LogP contribution in [0.25, 0.3) is 5.69 Å². The van der Waals surface area contributed by atoms with Gasteiger partial charge in [0.05, 0.1) is 17.9 Å². The van der Waals surface area contributed by atoms with Crippen molar-refractivity contribution in [1.82, 2.24) is 14.7 Å². The Hall–Kier alpha value is -2.34. The average Bonchev–Trinajstić information content (AvgIpc) is 3.19. The number of amides is 1. The van der Waals surface area contributed by atoms with Crippen molar-refractivity contribution in [2.24, 2.45) is 5.92 Å². The van der Waals surface area contributed by atoms with Crippen LogP contribution in [-0.2, 0) is 17.6 Å². The molecule has 1 aromatic heterocycles. The first-order valence-corrected chi connectivity index (χ1v) is 9.44. The highest BCUT2D eigenvalue weighted by Crippen LogP contribution is 2.22. The fourth-order valence-electron chi connectivity index (χ4n) is 3.76. The van der Waals surface area contributed by atoms with Crippen LogP contribution in [0.4, 0.5) is 10.5 Å². The summed E-state index contributed by atoms with van der Waals surface area (Å²) in [5, 5.41) is 4.82. The van der Waals surface area contributed by atoms with Gasteiger partial charge in [-0.15, -0.1) is 0 Å². The van der Waals surface area contributed by atoms with Gasteiger partial charge in [0.2, 0.25) is 0 Å². The monoisotopic (exact) mass is 354 g/mol. The zero-order valence-corrected chi connectivity index (χ0v) is 15.5. The number of rotatable bonds is 4. The third kappa shape index (κ3) is 3.46. The summed E-state index contributed by atoms with van der Waals surface area (Å²) in [4.78, 5) is 15.9. The molecule has 138 valence electrons. The summed E-state index contributed by atoms with van der Waals surface area (Å²) in [6, 6.07) is 7.94. The van der Waals surface area contributed by atoms with Crippen LogP contribution >= 0.6 is 0 Å². The number of carbonyl (C=O) groups excluding carboxylic acids is 1. The number of ether oxygens (including phenoxy) is 1. The van der Waals surface area contributed by atoms with Crippen LogP contribution < -0.4 is 4.90 Å². The van der Waals surface area contributed by atoms with Crippen LogP contribution in [0.2, 0.25) is 0 Å². The average molecular weight is 354 g/mol. The van der Waals surface area contributed by atoms with Crippen LogP contribution in [0.1, 0.15) is 25.1 Å². The molecule has 0 bridgehead atoms. The van der Waals surface area contributed by atoms with E-state index in [-0.39, 0.29) is 6.09 Å². The lowest BCUT2D eigenvalue weighted by Crippen LogP contribution is -2.30. The summed E-state index contributed by atoms with van der Waals surface area (Å²) < 4.78 is 6.97. The molecule has 1 saturated heterocycles. The zero-order valence-electron chi connectivity index (χ0n) is 15.5. The first kappa shape index (κ1) is 17.1. The fourth-order valence-corrected chi connectivity index (χ4v) is 3.76. The molecule has 0 unspecified atom stereocenters. The predicted molar refractivity (Wildman–Crippen MR) is 101 cm³/mol. The second kappa shape index (κ2) is 7.11. The highest BCUT2D eigenvalue weighted by atomic mass is 16.6. The molecule has 0 radical (unpaired) electrons. The molecule has 26 heavy (non-hydrogen) atoms. The summed E-state index contributed by atoms with van der Waals surface area (Å²) >= 11 is 0. The summed E-state index contributed by atoms with van der Waals surface area (Å²) in [5.74, 6) is 0.701. The highest BCUT2D eigenvalue weighted by Gasteiger charge is 2.23. The van der Waals surface area contributed by atoms with Crippen LogP contribution in [0.15, 0.2) is 30.5 Å². The van der Waals surface area contributed by atoms with E-state index in [9.17, 15) is 4.79 Å². The van der Waals surface area contributed by atoms with Gasteiger partial charge >= 0.3 is 6.09 Å². The van der Waals surface area contributed by atoms with Gasteiger partial charge in [-0.2, -0.15) is 5.10 Å². The third-order valence-electron chi connectivity index (χ3n) is 5.05. The van der Waals surface area contributed by atoms with Crippen molar-refractivity contribution >= 4 is 11.8 Å². The Morgan fingerprint density at radius 1 is 1.08 bits per heavy atom. The minimum absolute atomic E-state index is 0.269. The molecular weight excluding hydrogens is 328 g/mol. The van der Waals surface area contributed by atoms with E-state index in [4.69, 9.17) is 9.84 Å². The molecule has 0 spiro atoms. The lowest BCUT2D eigenvalue weighted by Gasteiger charge is -2.21. The quantitative estimate of drug-likeness (QED) is 0.847. The summed E-state index contributed by atoms with van der Waals surface area (Å²) in [7, 11) is 0. The van der Waals surface area contributed by atoms with E-state index in [1.165, 1.54) is 11.3 Å². The normalized spacial score (nSPS) is 18.1. The smallest absolute Gasteiger partial charge is 0.414 e. The predicted octanol–water partition coefficient (Wildman–Crippen LogP) is 2.89. The molecule has 2 aliphatic heterocycles. The summed E-state index contributed by atoms with van der Waals surface area (Å²) in [6.07, 6.45) is 3.95. The van der Waals surface area contributed by atoms with Gasteiger partial charge < -0.3 is 9.64 Å². The lowest BCUT2D eigenvalue weighted by molar-refractivity contribution is 0.181. The van der Waals surface area contributed by atoms with Gasteiger partial charge in [-0.1, -0.05) is 13.8 Å². The van der Waals surface area contributed by atoms with Gasteiger partial charge in [0.1, 0.15) is 6.61 Å². The summed E-state index contributed by atoms with van der Waals surface area (Å²) in [6.45, 7) is 8.96. The molecule has 0 atom stereocenters. The van der Waals surface area contributed by atoms with Gasteiger partial charge in [-0.25, -0.2) is 9.48 Å². The number of hydrogen-bond acceptors (Lipinski definition) is 4. The molecule has 3 heterocycles. The second-order valence-corrected chi connectivity index (χ2v) is 7.52. The number of cyclic esters (lactones) is 1. The van der Waals surface area contributed by atoms with Crippen LogP contribution in [0.5, 0.6) is 0 Å². The topological polar surface area (TPSA) is 50.6 Å². The summed E-state index contributed by atoms with van der Waals surface area (Å²) in [5.41, 5.74) is 4.45. The maximum absolute atomic E-state index is 11.7. The molecule has 1 amide bonds. The standard InChI is InChI=1S/C20H26N4O2/c1-15(2)13-22-9-7-16-14-24(21-19(16)8-10-22)18-5-3-17(4-6-18)23-11-12-26-20(23)25/h3-6,14-15H,7-13H2,1-2H3.